The van der Waals surface area contributed by atoms with E-state index in [4.69, 9.17) is 9.47 Å². The van der Waals surface area contributed by atoms with E-state index in [0.29, 0.717) is 24.2 Å². The highest BCUT2D eigenvalue weighted by atomic mass is 19.4. The van der Waals surface area contributed by atoms with E-state index in [1.807, 2.05) is 27.7 Å². The Labute approximate surface area is 254 Å². The van der Waals surface area contributed by atoms with E-state index in [-0.39, 0.29) is 53.1 Å². The van der Waals surface area contributed by atoms with Gasteiger partial charge in [0.05, 0.1) is 17.1 Å². The van der Waals surface area contributed by atoms with Crippen molar-refractivity contribution in [1.29, 1.82) is 0 Å². The summed E-state index contributed by atoms with van der Waals surface area (Å²) in [5, 5.41) is 12.8. The molecule has 10 nitrogen and oxygen atoms in total. The lowest BCUT2D eigenvalue weighted by Gasteiger charge is -2.27. The van der Waals surface area contributed by atoms with E-state index in [1.54, 1.807) is 4.90 Å². The third-order valence-electron chi connectivity index (χ3n) is 8.50. The Bertz CT molecular complexity index is 1370. The van der Waals surface area contributed by atoms with Crippen molar-refractivity contribution >= 4 is 28.8 Å². The van der Waals surface area contributed by atoms with Crippen LogP contribution in [0.25, 0.3) is 11.0 Å². The predicted molar refractivity (Wildman–Crippen MR) is 155 cm³/mol. The molecule has 44 heavy (non-hydrogen) atoms. The molecule has 2 N–H and O–H groups in total. The number of benzene rings is 1. The van der Waals surface area contributed by atoms with Gasteiger partial charge in [0.15, 0.2) is 12.4 Å². The minimum atomic E-state index is -4.46. The van der Waals surface area contributed by atoms with Crippen molar-refractivity contribution in [3.05, 3.63) is 23.9 Å². The third kappa shape index (κ3) is 8.50. The van der Waals surface area contributed by atoms with Gasteiger partial charge in [-0.15, -0.1) is 0 Å². The lowest BCUT2D eigenvalue weighted by molar-refractivity contribution is -0.153. The maximum absolute atomic E-state index is 12.8. The number of hydrogen-bond acceptors (Lipinski definition) is 8. The zero-order chi connectivity index (χ0) is 32.2. The second-order valence-corrected chi connectivity index (χ2v) is 12.5. The number of alkyl halides is 3. The molecule has 0 radical (unpaired) electrons. The molecule has 1 aliphatic heterocycles. The number of amides is 2. The van der Waals surface area contributed by atoms with Gasteiger partial charge in [-0.3, -0.25) is 9.59 Å². The van der Waals surface area contributed by atoms with Gasteiger partial charge in [0.2, 0.25) is 11.8 Å². The Hall–Kier alpha value is -3.64. The fourth-order valence-electron chi connectivity index (χ4n) is 5.81. The van der Waals surface area contributed by atoms with Gasteiger partial charge in [-0.25, -0.2) is 14.8 Å². The Balaban J connectivity index is 1.15. The zero-order valence-electron chi connectivity index (χ0n) is 25.6. The Morgan fingerprint density at radius 1 is 1.16 bits per heavy atom. The van der Waals surface area contributed by atoms with Crippen LogP contribution in [-0.4, -0.2) is 75.3 Å². The number of nitrogens with zero attached hydrogens (tertiary/aromatic N) is 3. The van der Waals surface area contributed by atoms with E-state index < -0.39 is 30.5 Å². The number of rotatable bonds is 13. The number of halogens is 3. The zero-order valence-corrected chi connectivity index (χ0v) is 25.6. The van der Waals surface area contributed by atoms with Crippen molar-refractivity contribution < 1.29 is 42.1 Å². The van der Waals surface area contributed by atoms with Gasteiger partial charge in [-0.1, -0.05) is 33.6 Å². The fraction of sp³-hybridized carbons (Fsp3) is 0.645. The number of aromatic hydroxyl groups is 1. The molecule has 13 heteroatoms. The summed E-state index contributed by atoms with van der Waals surface area (Å²) in [6.45, 7) is 6.36. The van der Waals surface area contributed by atoms with E-state index in [0.717, 1.165) is 38.5 Å². The molecule has 0 bridgehead atoms. The highest BCUT2D eigenvalue weighted by molar-refractivity contribution is 5.92. The van der Waals surface area contributed by atoms with E-state index in [1.165, 1.54) is 18.2 Å². The van der Waals surface area contributed by atoms with Gasteiger partial charge in [0.1, 0.15) is 23.6 Å². The third-order valence-corrected chi connectivity index (χ3v) is 8.50. The lowest BCUT2D eigenvalue weighted by Crippen LogP contribution is -2.48. The first-order chi connectivity index (χ1) is 20.7. The summed E-state index contributed by atoms with van der Waals surface area (Å²) in [5.41, 5.74) is 0.511. The van der Waals surface area contributed by atoms with Crippen LogP contribution in [0.15, 0.2) is 18.2 Å². The monoisotopic (exact) mass is 622 g/mol. The van der Waals surface area contributed by atoms with Crippen molar-refractivity contribution in [2.75, 3.05) is 19.7 Å². The molecule has 2 amide bonds. The Kier molecular flexibility index (Phi) is 10.2. The van der Waals surface area contributed by atoms with Crippen molar-refractivity contribution in [3.63, 3.8) is 0 Å². The smallest absolute Gasteiger partial charge is 0.422 e. The van der Waals surface area contributed by atoms with Crippen molar-refractivity contribution in [1.82, 2.24) is 20.2 Å². The molecule has 2 heterocycles. The van der Waals surface area contributed by atoms with Crippen LogP contribution < -0.4 is 10.1 Å². The SMILES string of the molecule is CC(C)C(=O)[C@@H]1[C@H](C)CCN1C(=O)CNC(=O)OC1(C)C[C@H]1CCCCCc1nc2ccc(OCC(F)(F)F)cc2nc1O. The summed E-state index contributed by atoms with van der Waals surface area (Å²) in [5.74, 6) is -0.402. The van der Waals surface area contributed by atoms with E-state index in [2.05, 4.69) is 15.3 Å². The van der Waals surface area contributed by atoms with Gasteiger partial charge < -0.3 is 24.8 Å². The summed E-state index contributed by atoms with van der Waals surface area (Å²) in [6.07, 6.45) is 0.179. The summed E-state index contributed by atoms with van der Waals surface area (Å²) in [7, 11) is 0. The van der Waals surface area contributed by atoms with Crippen LogP contribution >= 0.6 is 0 Å². The molecule has 1 saturated carbocycles. The van der Waals surface area contributed by atoms with E-state index >= 15 is 0 Å². The molecule has 2 aliphatic rings. The molecule has 1 unspecified atom stereocenters. The summed E-state index contributed by atoms with van der Waals surface area (Å²) in [4.78, 5) is 47.9. The second-order valence-electron chi connectivity index (χ2n) is 12.5. The lowest BCUT2D eigenvalue weighted by atomic mass is 9.92. The number of alkyl carbamates (subject to hydrolysis) is 1. The molecule has 242 valence electrons. The van der Waals surface area contributed by atoms with E-state index in [9.17, 15) is 32.7 Å². The first-order valence-corrected chi connectivity index (χ1v) is 15.2. The largest absolute Gasteiger partial charge is 0.492 e. The number of likely N-dealkylation sites (tertiary alicyclic amines) is 1. The highest BCUT2D eigenvalue weighted by Crippen LogP contribution is 2.49. The maximum Gasteiger partial charge on any atom is 0.422 e. The van der Waals surface area contributed by atoms with Gasteiger partial charge in [-0.05, 0) is 57.1 Å². The van der Waals surface area contributed by atoms with Gasteiger partial charge in [-0.2, -0.15) is 13.2 Å². The Morgan fingerprint density at radius 3 is 2.61 bits per heavy atom. The Morgan fingerprint density at radius 2 is 1.91 bits per heavy atom. The molecular weight excluding hydrogens is 581 g/mol. The standard InChI is InChI=1S/C31H41F3N4O6/c1-18(2)27(40)26-19(3)12-13-38(26)25(39)16-35-29(42)44-30(4)15-20(30)8-6-5-7-9-23-28(41)37-24-14-21(10-11-22(24)36-23)43-17-31(32,33)34/h10-11,14,18-20,26H,5-9,12-13,15-17H2,1-4H3,(H,35,42)(H,37,41)/t19-,20-,26+,30?/m1/s1. The average molecular weight is 623 g/mol. The number of hydrogen-bond donors (Lipinski definition) is 2. The van der Waals surface area contributed by atoms with Crippen LogP contribution in [-0.2, 0) is 20.7 Å². The molecular formula is C31H41F3N4O6. The first-order valence-electron chi connectivity index (χ1n) is 15.2. The van der Waals surface area contributed by atoms with Crippen LogP contribution in [0, 0.1) is 17.8 Å². The van der Waals surface area contributed by atoms with Crippen LogP contribution in [0.2, 0.25) is 0 Å². The number of unbranched alkanes of at least 4 members (excludes halogenated alkanes) is 2. The fourth-order valence-corrected chi connectivity index (χ4v) is 5.81. The van der Waals surface area contributed by atoms with Crippen molar-refractivity contribution in [2.45, 2.75) is 90.5 Å². The second kappa shape index (κ2) is 13.6. The highest BCUT2D eigenvalue weighted by Gasteiger charge is 2.53. The van der Waals surface area contributed by atoms with Crippen molar-refractivity contribution in [3.8, 4) is 11.6 Å². The van der Waals surface area contributed by atoms with Crippen LogP contribution in [0.5, 0.6) is 11.6 Å². The maximum atomic E-state index is 12.8. The molecule has 1 aromatic carbocycles. The molecule has 0 spiro atoms. The number of ether oxygens (including phenoxy) is 2. The molecule has 1 saturated heterocycles. The summed E-state index contributed by atoms with van der Waals surface area (Å²) < 4.78 is 47.6. The number of aryl methyl sites for hydroxylation is 1. The topological polar surface area (TPSA) is 131 Å². The van der Waals surface area contributed by atoms with Crippen LogP contribution in [0.4, 0.5) is 18.0 Å². The molecule has 4 rings (SSSR count). The molecule has 2 aromatic rings. The normalized spacial score (nSPS) is 23.2. The van der Waals surface area contributed by atoms with Crippen LogP contribution in [0.3, 0.4) is 0 Å². The summed E-state index contributed by atoms with van der Waals surface area (Å²) in [6, 6.07) is 3.75. The summed E-state index contributed by atoms with van der Waals surface area (Å²) >= 11 is 0. The van der Waals surface area contributed by atoms with Gasteiger partial charge in [0, 0.05) is 24.4 Å². The number of Topliss-reactive ketones (excluding diaryl/α,β-unsaturated/α-hetero) is 1. The van der Waals surface area contributed by atoms with Crippen molar-refractivity contribution in [2.24, 2.45) is 17.8 Å². The number of aromatic nitrogens is 2. The number of carbonyl (C=O) groups is 3. The minimum absolute atomic E-state index is 0.0111. The van der Waals surface area contributed by atoms with Gasteiger partial charge >= 0.3 is 12.3 Å². The molecule has 1 aromatic heterocycles. The van der Waals surface area contributed by atoms with Gasteiger partial charge in [0.25, 0.3) is 0 Å². The minimum Gasteiger partial charge on any atom is -0.492 e. The number of carbonyl (C=O) groups excluding carboxylic acids is 3. The number of fused-ring (bicyclic) bond motifs is 1. The quantitative estimate of drug-likeness (QED) is 0.286. The molecule has 1 aliphatic carbocycles. The predicted octanol–water partition coefficient (Wildman–Crippen LogP) is 5.35. The average Bonchev–Trinajstić information content (AvgIpc) is 3.41. The molecule has 4 atom stereocenters. The number of nitrogens with one attached hydrogen (secondary N) is 1. The van der Waals surface area contributed by atoms with Crippen LogP contribution in [0.1, 0.15) is 71.9 Å². The number of ketones is 1. The molecule has 2 fully saturated rings. The first kappa shape index (κ1) is 33.3.